The minimum atomic E-state index is -0.137. The molecule has 3 heterocycles. The molecule has 164 valence electrons. The second-order valence-electron chi connectivity index (χ2n) is 8.06. The number of hydrogen-bond acceptors (Lipinski definition) is 5. The zero-order valence-electron chi connectivity index (χ0n) is 17.8. The number of carbonyl (C=O) groups excluding carboxylic acids is 2. The van der Waals surface area contributed by atoms with Crippen molar-refractivity contribution in [2.24, 2.45) is 0 Å². The number of carbonyl (C=O) groups is 2. The minimum Gasteiger partial charge on any atom is -0.482 e. The Hall–Kier alpha value is -3.58. The van der Waals surface area contributed by atoms with E-state index in [1.807, 2.05) is 47.4 Å². The number of rotatable bonds is 5. The predicted molar refractivity (Wildman–Crippen MR) is 119 cm³/mol. The highest BCUT2D eigenvalue weighted by Gasteiger charge is 2.28. The van der Waals surface area contributed by atoms with Crippen LogP contribution < -0.4 is 9.64 Å². The molecule has 0 bridgehead atoms. The van der Waals surface area contributed by atoms with Gasteiger partial charge in [-0.2, -0.15) is 0 Å². The average Bonchev–Trinajstić information content (AvgIpc) is 3.30. The fourth-order valence-electron chi connectivity index (χ4n) is 4.17. The molecule has 0 spiro atoms. The lowest BCUT2D eigenvalue weighted by Gasteiger charge is -2.34. The number of hydrogen-bond donors (Lipinski definition) is 0. The molecule has 2 amide bonds. The Morgan fingerprint density at radius 2 is 1.59 bits per heavy atom. The van der Waals surface area contributed by atoms with Gasteiger partial charge in [-0.15, -0.1) is 0 Å². The molecular weight excluding hydrogens is 406 g/mol. The summed E-state index contributed by atoms with van der Waals surface area (Å²) in [6.07, 6.45) is 0. The monoisotopic (exact) mass is 431 g/mol. The number of fused-ring (bicyclic) bond motifs is 1. The highest BCUT2D eigenvalue weighted by molar-refractivity contribution is 5.97. The zero-order chi connectivity index (χ0) is 21.9. The summed E-state index contributed by atoms with van der Waals surface area (Å²) < 4.78 is 11.3. The van der Waals surface area contributed by atoms with E-state index in [2.05, 4.69) is 17.0 Å². The fraction of sp³-hybridized carbons (Fsp3) is 0.280. The van der Waals surface area contributed by atoms with Crippen LogP contribution in [0.4, 0.5) is 5.69 Å². The third-order valence-electron chi connectivity index (χ3n) is 5.90. The normalized spacial score (nSPS) is 16.6. The lowest BCUT2D eigenvalue weighted by atomic mass is 10.2. The van der Waals surface area contributed by atoms with Crippen LogP contribution in [0, 0.1) is 0 Å². The van der Waals surface area contributed by atoms with Gasteiger partial charge in [0.25, 0.3) is 11.8 Å². The van der Waals surface area contributed by atoms with Crippen LogP contribution >= 0.6 is 0 Å². The summed E-state index contributed by atoms with van der Waals surface area (Å²) in [5, 5.41) is 0. The van der Waals surface area contributed by atoms with E-state index < -0.39 is 0 Å². The molecule has 0 saturated carbocycles. The van der Waals surface area contributed by atoms with Gasteiger partial charge in [0.05, 0.1) is 12.2 Å². The van der Waals surface area contributed by atoms with Crippen molar-refractivity contribution in [2.45, 2.75) is 13.1 Å². The maximum absolute atomic E-state index is 12.9. The summed E-state index contributed by atoms with van der Waals surface area (Å²) >= 11 is 0. The number of nitrogens with zero attached hydrogens (tertiary/aromatic N) is 3. The highest BCUT2D eigenvalue weighted by atomic mass is 16.5. The van der Waals surface area contributed by atoms with Crippen LogP contribution in [-0.4, -0.2) is 54.4 Å². The van der Waals surface area contributed by atoms with Gasteiger partial charge >= 0.3 is 0 Å². The lowest BCUT2D eigenvalue weighted by molar-refractivity contribution is -0.121. The first-order chi connectivity index (χ1) is 15.7. The maximum atomic E-state index is 12.9. The third kappa shape index (κ3) is 4.24. The van der Waals surface area contributed by atoms with E-state index in [1.165, 1.54) is 5.56 Å². The largest absolute Gasteiger partial charge is 0.482 e. The van der Waals surface area contributed by atoms with E-state index in [-0.39, 0.29) is 25.0 Å². The summed E-state index contributed by atoms with van der Waals surface area (Å²) in [5.74, 6) is 1.31. The van der Waals surface area contributed by atoms with E-state index in [0.29, 0.717) is 36.0 Å². The standard InChI is InChI=1S/C25H25N3O4/c29-24-18-31-22-9-5-4-8-21(22)28(24)17-20-10-11-23(32-20)25(30)27-14-12-26(13-15-27)16-19-6-2-1-3-7-19/h1-11H,12-18H2. The van der Waals surface area contributed by atoms with Crippen molar-refractivity contribution in [3.63, 3.8) is 0 Å². The minimum absolute atomic E-state index is 0.00321. The van der Waals surface area contributed by atoms with Gasteiger partial charge in [-0.1, -0.05) is 42.5 Å². The van der Waals surface area contributed by atoms with Crippen molar-refractivity contribution in [3.8, 4) is 5.75 Å². The third-order valence-corrected chi connectivity index (χ3v) is 5.90. The van der Waals surface area contributed by atoms with Crippen molar-refractivity contribution in [1.29, 1.82) is 0 Å². The Morgan fingerprint density at radius 3 is 2.41 bits per heavy atom. The van der Waals surface area contributed by atoms with Gasteiger partial charge in [-0.05, 0) is 29.8 Å². The van der Waals surface area contributed by atoms with Crippen molar-refractivity contribution in [3.05, 3.63) is 83.8 Å². The maximum Gasteiger partial charge on any atom is 0.289 e. The molecule has 0 atom stereocenters. The highest BCUT2D eigenvalue weighted by Crippen LogP contribution is 2.32. The summed E-state index contributed by atoms with van der Waals surface area (Å²) in [6, 6.07) is 21.2. The van der Waals surface area contributed by atoms with Crippen LogP contribution in [0.2, 0.25) is 0 Å². The van der Waals surface area contributed by atoms with Gasteiger partial charge in [-0.3, -0.25) is 19.4 Å². The number of anilines is 1. The SMILES string of the molecule is O=C(c1ccc(CN2C(=O)COc3ccccc32)o1)N1CCN(Cc2ccccc2)CC1. The van der Waals surface area contributed by atoms with Gasteiger partial charge < -0.3 is 14.1 Å². The molecule has 0 radical (unpaired) electrons. The molecule has 2 aliphatic heterocycles. The quantitative estimate of drug-likeness (QED) is 0.621. The predicted octanol–water partition coefficient (Wildman–Crippen LogP) is 3.16. The Morgan fingerprint density at radius 1 is 0.844 bits per heavy atom. The first-order valence-corrected chi connectivity index (χ1v) is 10.8. The van der Waals surface area contributed by atoms with Crippen LogP contribution in [0.15, 0.2) is 71.1 Å². The molecule has 1 fully saturated rings. The molecule has 2 aliphatic rings. The molecule has 7 nitrogen and oxygen atoms in total. The van der Waals surface area contributed by atoms with Crippen molar-refractivity contribution in [1.82, 2.24) is 9.80 Å². The van der Waals surface area contributed by atoms with Gasteiger partial charge in [0.2, 0.25) is 0 Å². The fourth-order valence-corrected chi connectivity index (χ4v) is 4.17. The smallest absolute Gasteiger partial charge is 0.289 e. The average molecular weight is 431 g/mol. The van der Waals surface area contributed by atoms with Crippen LogP contribution in [-0.2, 0) is 17.9 Å². The molecule has 0 aliphatic carbocycles. The van der Waals surface area contributed by atoms with E-state index in [1.54, 1.807) is 17.0 Å². The number of amides is 2. The Bertz CT molecular complexity index is 1100. The topological polar surface area (TPSA) is 66.2 Å². The van der Waals surface area contributed by atoms with Crippen molar-refractivity contribution >= 4 is 17.5 Å². The molecule has 5 rings (SSSR count). The molecule has 32 heavy (non-hydrogen) atoms. The summed E-state index contributed by atoms with van der Waals surface area (Å²) in [6.45, 7) is 4.13. The lowest BCUT2D eigenvalue weighted by Crippen LogP contribution is -2.48. The summed E-state index contributed by atoms with van der Waals surface area (Å²) in [4.78, 5) is 31.2. The number of para-hydroxylation sites is 2. The van der Waals surface area contributed by atoms with Crippen molar-refractivity contribution in [2.75, 3.05) is 37.7 Å². The summed E-state index contributed by atoms with van der Waals surface area (Å²) in [7, 11) is 0. The van der Waals surface area contributed by atoms with Gasteiger partial charge in [-0.25, -0.2) is 0 Å². The number of furan rings is 1. The molecule has 2 aromatic carbocycles. The van der Waals surface area contributed by atoms with E-state index in [0.717, 1.165) is 19.6 Å². The molecule has 0 unspecified atom stereocenters. The number of piperazine rings is 1. The molecule has 1 saturated heterocycles. The van der Waals surface area contributed by atoms with E-state index in [4.69, 9.17) is 9.15 Å². The molecule has 3 aromatic rings. The van der Waals surface area contributed by atoms with Crippen LogP contribution in [0.1, 0.15) is 21.9 Å². The Labute approximate surface area is 186 Å². The number of benzene rings is 2. The molecule has 7 heteroatoms. The van der Waals surface area contributed by atoms with E-state index in [9.17, 15) is 9.59 Å². The molecule has 1 aromatic heterocycles. The van der Waals surface area contributed by atoms with Crippen LogP contribution in [0.5, 0.6) is 5.75 Å². The second-order valence-corrected chi connectivity index (χ2v) is 8.06. The van der Waals surface area contributed by atoms with Crippen LogP contribution in [0.3, 0.4) is 0 Å². The Kier molecular flexibility index (Phi) is 5.64. The first-order valence-electron chi connectivity index (χ1n) is 10.8. The van der Waals surface area contributed by atoms with Gasteiger partial charge in [0, 0.05) is 32.7 Å². The Balaban J connectivity index is 1.20. The van der Waals surface area contributed by atoms with Crippen LogP contribution in [0.25, 0.3) is 0 Å². The summed E-state index contributed by atoms with van der Waals surface area (Å²) in [5.41, 5.74) is 1.99. The molecule has 0 N–H and O–H groups in total. The van der Waals surface area contributed by atoms with Gasteiger partial charge in [0.1, 0.15) is 11.5 Å². The van der Waals surface area contributed by atoms with Crippen molar-refractivity contribution < 1.29 is 18.7 Å². The molecular formula is C25H25N3O4. The second kappa shape index (κ2) is 8.88. The zero-order valence-corrected chi connectivity index (χ0v) is 17.8. The first kappa shape index (κ1) is 20.3. The van der Waals surface area contributed by atoms with Gasteiger partial charge in [0.15, 0.2) is 12.4 Å². The van der Waals surface area contributed by atoms with E-state index >= 15 is 0 Å². The number of ether oxygens (including phenoxy) is 1.